The zero-order valence-electron chi connectivity index (χ0n) is 11.1. The van der Waals surface area contributed by atoms with Crippen LogP contribution in [0, 0.1) is 24.0 Å². The Morgan fingerprint density at radius 1 is 1.25 bits per heavy atom. The molecule has 102 valence electrons. The van der Waals surface area contributed by atoms with Crippen molar-refractivity contribution in [3.63, 3.8) is 0 Å². The largest absolute Gasteiger partial charge is 0.320 e. The number of hydrogen-bond donors (Lipinski definition) is 1. The van der Waals surface area contributed by atoms with Gasteiger partial charge in [-0.25, -0.2) is 4.98 Å². The summed E-state index contributed by atoms with van der Waals surface area (Å²) in [4.78, 5) is 26.4. The first kappa shape index (κ1) is 13.7. The summed E-state index contributed by atoms with van der Waals surface area (Å²) in [5, 5.41) is 13.3. The van der Waals surface area contributed by atoms with Crippen LogP contribution in [0.2, 0.25) is 0 Å². The molecule has 0 radical (unpaired) electrons. The van der Waals surface area contributed by atoms with E-state index in [0.717, 1.165) is 11.3 Å². The molecule has 0 saturated heterocycles. The summed E-state index contributed by atoms with van der Waals surface area (Å²) in [7, 11) is 0. The van der Waals surface area contributed by atoms with Crippen molar-refractivity contribution in [2.45, 2.75) is 13.8 Å². The van der Waals surface area contributed by atoms with Gasteiger partial charge in [0.2, 0.25) is 0 Å². The van der Waals surface area contributed by atoms with E-state index in [1.54, 1.807) is 19.1 Å². The Bertz CT molecular complexity index is 663. The Hall–Kier alpha value is -2.76. The van der Waals surface area contributed by atoms with Gasteiger partial charge in [0.05, 0.1) is 4.92 Å². The quantitative estimate of drug-likeness (QED) is 0.687. The molecular formula is C14H13N3O3. The van der Waals surface area contributed by atoms with E-state index in [2.05, 4.69) is 10.3 Å². The molecule has 1 aromatic carbocycles. The molecule has 0 aliphatic carbocycles. The standard InChI is InChI=1S/C14H13N3O3/c1-9-6-10(2)15-13(7-9)14(18)16-11-4-3-5-12(8-11)17(19)20/h3-8H,1-2H3,(H,16,18). The Labute approximate surface area is 115 Å². The number of anilines is 1. The maximum atomic E-state index is 12.1. The van der Waals surface area contributed by atoms with Crippen molar-refractivity contribution in [1.29, 1.82) is 0 Å². The Balaban J connectivity index is 2.23. The van der Waals surface area contributed by atoms with Crippen molar-refractivity contribution in [3.05, 3.63) is 63.5 Å². The van der Waals surface area contributed by atoms with Gasteiger partial charge < -0.3 is 5.32 Å². The molecule has 0 bridgehead atoms. The zero-order valence-corrected chi connectivity index (χ0v) is 11.1. The molecule has 0 unspecified atom stereocenters. The number of non-ortho nitro benzene ring substituents is 1. The molecule has 20 heavy (non-hydrogen) atoms. The second-order valence-electron chi connectivity index (χ2n) is 4.43. The number of carbonyl (C=O) groups is 1. The lowest BCUT2D eigenvalue weighted by atomic mass is 10.2. The van der Waals surface area contributed by atoms with Crippen LogP contribution >= 0.6 is 0 Å². The fourth-order valence-corrected chi connectivity index (χ4v) is 1.85. The summed E-state index contributed by atoms with van der Waals surface area (Å²) >= 11 is 0. The first-order valence-electron chi connectivity index (χ1n) is 5.97. The Morgan fingerprint density at radius 2 is 2.00 bits per heavy atom. The minimum atomic E-state index is -0.509. The number of hydrogen-bond acceptors (Lipinski definition) is 4. The van der Waals surface area contributed by atoms with Gasteiger partial charge in [0, 0.05) is 23.5 Å². The van der Waals surface area contributed by atoms with Crippen molar-refractivity contribution in [2.75, 3.05) is 5.32 Å². The fourth-order valence-electron chi connectivity index (χ4n) is 1.85. The van der Waals surface area contributed by atoms with Crippen LogP contribution in [0.1, 0.15) is 21.7 Å². The first-order chi connectivity index (χ1) is 9.45. The van der Waals surface area contributed by atoms with E-state index in [1.165, 1.54) is 18.2 Å². The first-order valence-corrected chi connectivity index (χ1v) is 5.97. The molecule has 1 amide bonds. The lowest BCUT2D eigenvalue weighted by Gasteiger charge is -2.06. The number of carbonyl (C=O) groups excluding carboxylic acids is 1. The zero-order chi connectivity index (χ0) is 14.7. The second-order valence-corrected chi connectivity index (χ2v) is 4.43. The SMILES string of the molecule is Cc1cc(C)nc(C(=O)Nc2cccc([N+](=O)[O-])c2)c1. The van der Waals surface area contributed by atoms with E-state index < -0.39 is 10.8 Å². The third-order valence-electron chi connectivity index (χ3n) is 2.65. The number of nitro groups is 1. The molecule has 0 saturated carbocycles. The predicted octanol–water partition coefficient (Wildman–Crippen LogP) is 2.86. The van der Waals surface area contributed by atoms with Gasteiger partial charge in [-0.2, -0.15) is 0 Å². The van der Waals surface area contributed by atoms with E-state index in [9.17, 15) is 14.9 Å². The summed E-state index contributed by atoms with van der Waals surface area (Å²) in [6.45, 7) is 3.68. The van der Waals surface area contributed by atoms with Crippen molar-refractivity contribution < 1.29 is 9.72 Å². The van der Waals surface area contributed by atoms with Crippen LogP contribution in [0.5, 0.6) is 0 Å². The number of aryl methyl sites for hydroxylation is 2. The number of nitrogens with zero attached hydrogens (tertiary/aromatic N) is 2. The lowest BCUT2D eigenvalue weighted by Crippen LogP contribution is -2.14. The molecule has 0 fully saturated rings. The number of rotatable bonds is 3. The fraction of sp³-hybridized carbons (Fsp3) is 0.143. The minimum Gasteiger partial charge on any atom is -0.320 e. The Morgan fingerprint density at radius 3 is 2.65 bits per heavy atom. The molecule has 0 atom stereocenters. The van der Waals surface area contributed by atoms with Crippen LogP contribution in [0.3, 0.4) is 0 Å². The third-order valence-corrected chi connectivity index (χ3v) is 2.65. The molecule has 1 aromatic heterocycles. The van der Waals surface area contributed by atoms with Crippen LogP contribution in [0.25, 0.3) is 0 Å². The molecule has 1 heterocycles. The number of benzene rings is 1. The van der Waals surface area contributed by atoms with Crippen molar-refractivity contribution >= 4 is 17.3 Å². The molecule has 2 rings (SSSR count). The van der Waals surface area contributed by atoms with Gasteiger partial charge in [-0.3, -0.25) is 14.9 Å². The average Bonchev–Trinajstić information content (AvgIpc) is 2.37. The third kappa shape index (κ3) is 3.17. The van der Waals surface area contributed by atoms with E-state index in [-0.39, 0.29) is 11.4 Å². The number of pyridine rings is 1. The van der Waals surface area contributed by atoms with Gasteiger partial charge in [0.1, 0.15) is 5.69 Å². The number of nitro benzene ring substituents is 1. The topological polar surface area (TPSA) is 85.1 Å². The molecule has 2 aromatic rings. The normalized spacial score (nSPS) is 10.1. The summed E-state index contributed by atoms with van der Waals surface area (Å²) in [6.07, 6.45) is 0. The highest BCUT2D eigenvalue weighted by atomic mass is 16.6. The molecule has 1 N–H and O–H groups in total. The monoisotopic (exact) mass is 271 g/mol. The van der Waals surface area contributed by atoms with Crippen molar-refractivity contribution in [3.8, 4) is 0 Å². The summed E-state index contributed by atoms with van der Waals surface area (Å²) < 4.78 is 0. The highest BCUT2D eigenvalue weighted by Gasteiger charge is 2.11. The van der Waals surface area contributed by atoms with Crippen LogP contribution in [0.15, 0.2) is 36.4 Å². The number of nitrogens with one attached hydrogen (secondary N) is 1. The van der Waals surface area contributed by atoms with Crippen LogP contribution in [-0.2, 0) is 0 Å². The van der Waals surface area contributed by atoms with Gasteiger partial charge in [0.15, 0.2) is 0 Å². The van der Waals surface area contributed by atoms with E-state index in [1.807, 2.05) is 13.0 Å². The minimum absolute atomic E-state index is 0.0730. The van der Waals surface area contributed by atoms with E-state index >= 15 is 0 Å². The second kappa shape index (κ2) is 5.48. The number of aromatic nitrogens is 1. The van der Waals surface area contributed by atoms with E-state index in [0.29, 0.717) is 5.69 Å². The summed E-state index contributed by atoms with van der Waals surface area (Å²) in [5.74, 6) is -0.391. The van der Waals surface area contributed by atoms with E-state index in [4.69, 9.17) is 0 Å². The van der Waals surface area contributed by atoms with Gasteiger partial charge in [-0.1, -0.05) is 6.07 Å². The van der Waals surface area contributed by atoms with Crippen LogP contribution < -0.4 is 5.32 Å². The average molecular weight is 271 g/mol. The van der Waals surface area contributed by atoms with Crippen molar-refractivity contribution in [2.24, 2.45) is 0 Å². The molecule has 0 aliphatic heterocycles. The van der Waals surface area contributed by atoms with Gasteiger partial charge >= 0.3 is 0 Å². The smallest absolute Gasteiger partial charge is 0.274 e. The summed E-state index contributed by atoms with van der Waals surface area (Å²) in [6, 6.07) is 9.31. The highest BCUT2D eigenvalue weighted by molar-refractivity contribution is 6.03. The van der Waals surface area contributed by atoms with Crippen LogP contribution in [-0.4, -0.2) is 15.8 Å². The number of amides is 1. The summed E-state index contributed by atoms with van der Waals surface area (Å²) in [5.41, 5.74) is 2.26. The Kier molecular flexibility index (Phi) is 3.74. The van der Waals surface area contributed by atoms with Crippen LogP contribution in [0.4, 0.5) is 11.4 Å². The maximum Gasteiger partial charge on any atom is 0.274 e. The lowest BCUT2D eigenvalue weighted by molar-refractivity contribution is -0.384. The molecule has 0 spiro atoms. The molecule has 0 aliphatic rings. The molecule has 6 heteroatoms. The highest BCUT2D eigenvalue weighted by Crippen LogP contribution is 2.17. The predicted molar refractivity (Wildman–Crippen MR) is 74.8 cm³/mol. The van der Waals surface area contributed by atoms with Gasteiger partial charge in [0.25, 0.3) is 11.6 Å². The van der Waals surface area contributed by atoms with Gasteiger partial charge in [-0.15, -0.1) is 0 Å². The maximum absolute atomic E-state index is 12.1. The molecule has 6 nitrogen and oxygen atoms in total. The van der Waals surface area contributed by atoms with Crippen molar-refractivity contribution in [1.82, 2.24) is 4.98 Å². The van der Waals surface area contributed by atoms with Gasteiger partial charge in [-0.05, 0) is 37.6 Å². The molecular weight excluding hydrogens is 258 g/mol.